The highest BCUT2D eigenvalue weighted by Gasteiger charge is 2.29. The van der Waals surface area contributed by atoms with Gasteiger partial charge >= 0.3 is 0 Å². The molecule has 1 aromatic heterocycles. The number of aromatic nitrogens is 2. The molecule has 82 valence electrons. The Morgan fingerprint density at radius 2 is 2.27 bits per heavy atom. The molecule has 1 saturated heterocycles. The molecular formula is C10H14ClN3S. The topological polar surface area (TPSA) is 37.8 Å². The largest absolute Gasteiger partial charge is 0.353 e. The maximum Gasteiger partial charge on any atom is 0.222 e. The lowest BCUT2D eigenvalue weighted by Crippen LogP contribution is -2.27. The van der Waals surface area contributed by atoms with Crippen molar-refractivity contribution in [1.29, 1.82) is 0 Å². The molecule has 5 heteroatoms. The summed E-state index contributed by atoms with van der Waals surface area (Å²) in [4.78, 5) is 8.21. The van der Waals surface area contributed by atoms with Gasteiger partial charge in [-0.25, -0.2) is 9.97 Å². The molecule has 0 amide bonds. The van der Waals surface area contributed by atoms with Gasteiger partial charge in [-0.1, -0.05) is 11.6 Å². The van der Waals surface area contributed by atoms with Crippen LogP contribution in [0.4, 0.5) is 5.95 Å². The van der Waals surface area contributed by atoms with E-state index in [1.165, 1.54) is 18.6 Å². The number of anilines is 1. The lowest BCUT2D eigenvalue weighted by atomic mass is 10.1. The number of hydrogen-bond acceptors (Lipinski definition) is 4. The molecule has 1 unspecified atom stereocenters. The van der Waals surface area contributed by atoms with Crippen LogP contribution in [0, 0.1) is 0 Å². The third kappa shape index (κ3) is 2.98. The average Bonchev–Trinajstić information content (AvgIpc) is 2.65. The molecule has 1 aliphatic heterocycles. The Morgan fingerprint density at radius 3 is 2.87 bits per heavy atom. The zero-order chi connectivity index (χ0) is 10.7. The normalized spacial score (nSPS) is 25.5. The molecule has 0 aliphatic carbocycles. The van der Waals surface area contributed by atoms with Crippen molar-refractivity contribution in [3.8, 4) is 0 Å². The Balaban J connectivity index is 1.90. The van der Waals surface area contributed by atoms with Crippen molar-refractivity contribution in [2.45, 2.75) is 24.5 Å². The van der Waals surface area contributed by atoms with E-state index in [2.05, 4.69) is 22.2 Å². The SMILES string of the molecule is CC1(CNc2ncc(Cl)cn2)CCCS1. The Morgan fingerprint density at radius 1 is 1.53 bits per heavy atom. The summed E-state index contributed by atoms with van der Waals surface area (Å²) in [6, 6.07) is 0. The van der Waals surface area contributed by atoms with Gasteiger partial charge in [0.1, 0.15) is 0 Å². The molecule has 1 atom stereocenters. The Labute approximate surface area is 99.0 Å². The second-order valence-corrected chi connectivity index (χ2v) is 6.10. The predicted molar refractivity (Wildman–Crippen MR) is 65.6 cm³/mol. The van der Waals surface area contributed by atoms with Crippen LogP contribution < -0.4 is 5.32 Å². The first-order valence-electron chi connectivity index (χ1n) is 5.03. The van der Waals surface area contributed by atoms with E-state index >= 15 is 0 Å². The lowest BCUT2D eigenvalue weighted by molar-refractivity contribution is 0.632. The molecule has 2 heterocycles. The van der Waals surface area contributed by atoms with Crippen molar-refractivity contribution in [3.63, 3.8) is 0 Å². The van der Waals surface area contributed by atoms with Crippen molar-refractivity contribution >= 4 is 29.3 Å². The van der Waals surface area contributed by atoms with Crippen LogP contribution in [0.3, 0.4) is 0 Å². The van der Waals surface area contributed by atoms with Gasteiger partial charge in [-0.15, -0.1) is 0 Å². The summed E-state index contributed by atoms with van der Waals surface area (Å²) in [5.74, 6) is 1.92. The van der Waals surface area contributed by atoms with Gasteiger partial charge < -0.3 is 5.32 Å². The van der Waals surface area contributed by atoms with E-state index in [1.54, 1.807) is 12.4 Å². The quantitative estimate of drug-likeness (QED) is 0.886. The van der Waals surface area contributed by atoms with Gasteiger partial charge in [-0.05, 0) is 25.5 Å². The maximum atomic E-state index is 5.71. The molecule has 0 aromatic carbocycles. The zero-order valence-electron chi connectivity index (χ0n) is 8.66. The molecule has 0 spiro atoms. The van der Waals surface area contributed by atoms with Crippen molar-refractivity contribution in [3.05, 3.63) is 17.4 Å². The molecule has 1 aliphatic rings. The lowest BCUT2D eigenvalue weighted by Gasteiger charge is -2.22. The van der Waals surface area contributed by atoms with E-state index in [0.29, 0.717) is 15.7 Å². The summed E-state index contributed by atoms with van der Waals surface area (Å²) in [6.07, 6.45) is 5.80. The standard InChI is InChI=1S/C10H14ClN3S/c1-10(3-2-4-15-10)7-14-9-12-5-8(11)6-13-9/h5-6H,2-4,7H2,1H3,(H,12,13,14). The van der Waals surface area contributed by atoms with Gasteiger partial charge in [-0.2, -0.15) is 11.8 Å². The number of nitrogens with one attached hydrogen (secondary N) is 1. The predicted octanol–water partition coefficient (Wildman–Crippen LogP) is 2.83. The van der Waals surface area contributed by atoms with E-state index in [0.717, 1.165) is 6.54 Å². The van der Waals surface area contributed by atoms with Crippen LogP contribution in [0.5, 0.6) is 0 Å². The van der Waals surface area contributed by atoms with Crippen LogP contribution in [-0.2, 0) is 0 Å². The highest BCUT2D eigenvalue weighted by atomic mass is 35.5. The zero-order valence-corrected chi connectivity index (χ0v) is 10.2. The van der Waals surface area contributed by atoms with Crippen LogP contribution in [0.2, 0.25) is 5.02 Å². The summed E-state index contributed by atoms with van der Waals surface area (Å²) in [6.45, 7) is 3.20. The number of hydrogen-bond donors (Lipinski definition) is 1. The number of rotatable bonds is 3. The summed E-state index contributed by atoms with van der Waals surface area (Å²) < 4.78 is 0.336. The van der Waals surface area contributed by atoms with Crippen LogP contribution >= 0.6 is 23.4 Å². The smallest absolute Gasteiger partial charge is 0.222 e. The molecule has 1 aromatic rings. The Bertz CT molecular complexity index is 322. The second kappa shape index (κ2) is 4.58. The van der Waals surface area contributed by atoms with Crippen molar-refractivity contribution in [1.82, 2.24) is 9.97 Å². The fourth-order valence-electron chi connectivity index (χ4n) is 1.65. The van der Waals surface area contributed by atoms with E-state index in [9.17, 15) is 0 Å². The van der Waals surface area contributed by atoms with Crippen molar-refractivity contribution < 1.29 is 0 Å². The summed E-state index contributed by atoms with van der Waals surface area (Å²) in [5.41, 5.74) is 0. The first-order valence-corrected chi connectivity index (χ1v) is 6.40. The van der Waals surface area contributed by atoms with Crippen LogP contribution in [-0.4, -0.2) is 27.0 Å². The fraction of sp³-hybridized carbons (Fsp3) is 0.600. The van der Waals surface area contributed by atoms with E-state index in [-0.39, 0.29) is 0 Å². The molecular weight excluding hydrogens is 230 g/mol. The maximum absolute atomic E-state index is 5.71. The summed E-state index contributed by atoms with van der Waals surface area (Å²) >= 11 is 7.73. The number of nitrogens with zero attached hydrogens (tertiary/aromatic N) is 2. The summed E-state index contributed by atoms with van der Waals surface area (Å²) in [5, 5.41) is 3.82. The van der Waals surface area contributed by atoms with E-state index in [4.69, 9.17) is 11.6 Å². The third-order valence-corrected chi connectivity index (χ3v) is 4.27. The fourth-order valence-corrected chi connectivity index (χ4v) is 2.99. The number of halogens is 1. The van der Waals surface area contributed by atoms with Gasteiger partial charge in [0.2, 0.25) is 5.95 Å². The van der Waals surface area contributed by atoms with Crippen LogP contribution in [0.1, 0.15) is 19.8 Å². The van der Waals surface area contributed by atoms with Crippen molar-refractivity contribution in [2.75, 3.05) is 17.6 Å². The molecule has 0 bridgehead atoms. The number of thioether (sulfide) groups is 1. The first kappa shape index (κ1) is 11.0. The van der Waals surface area contributed by atoms with E-state index in [1.807, 2.05) is 11.8 Å². The molecule has 2 rings (SSSR count). The minimum atomic E-state index is 0.336. The highest BCUT2D eigenvalue weighted by Crippen LogP contribution is 2.37. The van der Waals surface area contributed by atoms with Gasteiger partial charge in [0.25, 0.3) is 0 Å². The Hall–Kier alpha value is -0.480. The monoisotopic (exact) mass is 243 g/mol. The van der Waals surface area contributed by atoms with Crippen LogP contribution in [0.15, 0.2) is 12.4 Å². The molecule has 1 N–H and O–H groups in total. The molecule has 0 radical (unpaired) electrons. The minimum absolute atomic E-state index is 0.336. The molecule has 15 heavy (non-hydrogen) atoms. The molecule has 3 nitrogen and oxygen atoms in total. The summed E-state index contributed by atoms with van der Waals surface area (Å²) in [7, 11) is 0. The molecule has 0 saturated carbocycles. The van der Waals surface area contributed by atoms with Crippen molar-refractivity contribution in [2.24, 2.45) is 0 Å². The Kier molecular flexibility index (Phi) is 3.36. The molecule has 1 fully saturated rings. The van der Waals surface area contributed by atoms with Gasteiger partial charge in [0.05, 0.1) is 17.4 Å². The van der Waals surface area contributed by atoms with E-state index < -0.39 is 0 Å². The minimum Gasteiger partial charge on any atom is -0.353 e. The first-order chi connectivity index (χ1) is 7.18. The van der Waals surface area contributed by atoms with Gasteiger partial charge in [-0.3, -0.25) is 0 Å². The third-order valence-electron chi connectivity index (χ3n) is 2.54. The van der Waals surface area contributed by atoms with Crippen LogP contribution in [0.25, 0.3) is 0 Å². The van der Waals surface area contributed by atoms with Gasteiger partial charge in [0, 0.05) is 11.3 Å². The second-order valence-electron chi connectivity index (χ2n) is 3.98. The highest BCUT2D eigenvalue weighted by molar-refractivity contribution is 8.00. The van der Waals surface area contributed by atoms with Gasteiger partial charge in [0.15, 0.2) is 0 Å². The average molecular weight is 244 g/mol.